The van der Waals surface area contributed by atoms with Gasteiger partial charge in [-0.1, -0.05) is 23.7 Å². The van der Waals surface area contributed by atoms with Crippen LogP contribution in [0.5, 0.6) is 0 Å². The molecule has 2 fully saturated rings. The second-order valence-electron chi connectivity index (χ2n) is 5.58. The molecule has 3 unspecified atom stereocenters. The molecule has 3 heteroatoms. The van der Waals surface area contributed by atoms with Crippen molar-refractivity contribution in [3.8, 4) is 0 Å². The molecule has 18 heavy (non-hydrogen) atoms. The van der Waals surface area contributed by atoms with E-state index in [1.165, 1.54) is 37.9 Å². The van der Waals surface area contributed by atoms with Crippen LogP contribution in [0, 0.1) is 0 Å². The van der Waals surface area contributed by atoms with Crippen LogP contribution in [0.1, 0.15) is 37.8 Å². The Labute approximate surface area is 114 Å². The molecule has 0 aliphatic carbocycles. The molecule has 1 aromatic carbocycles. The standard InChI is InChI=1S/C15H21ClN2/c1-11(12-4-2-5-13(16)10-12)17-14-7-9-18-8-3-6-15(14)18/h2,4-5,10-11,14-15,17H,3,6-9H2,1H3. The molecule has 2 aliphatic heterocycles. The summed E-state index contributed by atoms with van der Waals surface area (Å²) in [6, 6.07) is 10.0. The van der Waals surface area contributed by atoms with Crippen molar-refractivity contribution < 1.29 is 0 Å². The van der Waals surface area contributed by atoms with E-state index in [1.54, 1.807) is 0 Å². The van der Waals surface area contributed by atoms with Crippen LogP contribution in [0.2, 0.25) is 5.02 Å². The fourth-order valence-corrected chi connectivity index (χ4v) is 3.67. The molecular formula is C15H21ClN2. The van der Waals surface area contributed by atoms with Gasteiger partial charge in [0.15, 0.2) is 0 Å². The molecule has 3 atom stereocenters. The third-order valence-electron chi connectivity index (χ3n) is 4.42. The van der Waals surface area contributed by atoms with Crippen molar-refractivity contribution >= 4 is 11.6 Å². The Morgan fingerprint density at radius 1 is 1.33 bits per heavy atom. The molecule has 0 bridgehead atoms. The minimum atomic E-state index is 0.384. The maximum Gasteiger partial charge on any atom is 0.0409 e. The van der Waals surface area contributed by atoms with E-state index in [-0.39, 0.29) is 0 Å². The van der Waals surface area contributed by atoms with Gasteiger partial charge in [0.1, 0.15) is 0 Å². The number of nitrogens with zero attached hydrogens (tertiary/aromatic N) is 1. The second-order valence-corrected chi connectivity index (χ2v) is 6.02. The average molecular weight is 265 g/mol. The molecule has 2 aliphatic rings. The Bertz CT molecular complexity index is 421. The lowest BCUT2D eigenvalue weighted by Crippen LogP contribution is -2.40. The van der Waals surface area contributed by atoms with E-state index in [2.05, 4.69) is 29.3 Å². The fraction of sp³-hybridized carbons (Fsp3) is 0.600. The number of rotatable bonds is 3. The highest BCUT2D eigenvalue weighted by atomic mass is 35.5. The van der Waals surface area contributed by atoms with E-state index < -0.39 is 0 Å². The van der Waals surface area contributed by atoms with Gasteiger partial charge in [0.05, 0.1) is 0 Å². The predicted molar refractivity (Wildman–Crippen MR) is 76.0 cm³/mol. The van der Waals surface area contributed by atoms with E-state index >= 15 is 0 Å². The molecule has 98 valence electrons. The Kier molecular flexibility index (Phi) is 3.60. The van der Waals surface area contributed by atoms with Crippen molar-refractivity contribution in [2.45, 2.75) is 44.3 Å². The molecule has 0 saturated carbocycles. The maximum atomic E-state index is 6.06. The van der Waals surface area contributed by atoms with Crippen LogP contribution in [0.15, 0.2) is 24.3 Å². The molecule has 0 spiro atoms. The molecular weight excluding hydrogens is 244 g/mol. The Balaban J connectivity index is 1.66. The minimum Gasteiger partial charge on any atom is -0.306 e. The van der Waals surface area contributed by atoms with Crippen molar-refractivity contribution in [3.63, 3.8) is 0 Å². The quantitative estimate of drug-likeness (QED) is 0.902. The first-order chi connectivity index (χ1) is 8.74. The summed E-state index contributed by atoms with van der Waals surface area (Å²) in [7, 11) is 0. The summed E-state index contributed by atoms with van der Waals surface area (Å²) < 4.78 is 0. The van der Waals surface area contributed by atoms with Crippen LogP contribution in [0.25, 0.3) is 0 Å². The molecule has 2 saturated heterocycles. The Hall–Kier alpha value is -0.570. The van der Waals surface area contributed by atoms with Crippen LogP contribution in [-0.2, 0) is 0 Å². The molecule has 3 rings (SSSR count). The van der Waals surface area contributed by atoms with E-state index in [9.17, 15) is 0 Å². The highest BCUT2D eigenvalue weighted by Crippen LogP contribution is 2.29. The van der Waals surface area contributed by atoms with Crippen molar-refractivity contribution in [1.82, 2.24) is 10.2 Å². The summed E-state index contributed by atoms with van der Waals surface area (Å²) in [4.78, 5) is 2.64. The van der Waals surface area contributed by atoms with Crippen molar-refractivity contribution in [2.24, 2.45) is 0 Å². The van der Waals surface area contributed by atoms with Crippen LogP contribution in [-0.4, -0.2) is 30.1 Å². The SMILES string of the molecule is CC(NC1CCN2CCCC12)c1cccc(Cl)c1. The number of hydrogen-bond donors (Lipinski definition) is 1. The van der Waals surface area contributed by atoms with Gasteiger partial charge in [-0.25, -0.2) is 0 Å². The van der Waals surface area contributed by atoms with Gasteiger partial charge in [0.25, 0.3) is 0 Å². The fourth-order valence-electron chi connectivity index (χ4n) is 3.47. The van der Waals surface area contributed by atoms with Crippen LogP contribution in [0.4, 0.5) is 0 Å². The highest BCUT2D eigenvalue weighted by molar-refractivity contribution is 6.30. The van der Waals surface area contributed by atoms with E-state index in [4.69, 9.17) is 11.6 Å². The van der Waals surface area contributed by atoms with Gasteiger partial charge in [-0.05, 0) is 50.4 Å². The lowest BCUT2D eigenvalue weighted by Gasteiger charge is -2.25. The first-order valence-electron chi connectivity index (χ1n) is 6.99. The lowest BCUT2D eigenvalue weighted by atomic mass is 10.0. The zero-order valence-electron chi connectivity index (χ0n) is 10.9. The zero-order valence-corrected chi connectivity index (χ0v) is 11.7. The van der Waals surface area contributed by atoms with Gasteiger partial charge in [-0.3, -0.25) is 4.90 Å². The topological polar surface area (TPSA) is 15.3 Å². The zero-order chi connectivity index (χ0) is 12.5. The molecule has 1 N–H and O–H groups in total. The molecule has 0 aromatic heterocycles. The average Bonchev–Trinajstić information content (AvgIpc) is 2.94. The van der Waals surface area contributed by atoms with Gasteiger partial charge in [0, 0.05) is 29.7 Å². The van der Waals surface area contributed by atoms with E-state index in [0.717, 1.165) is 11.1 Å². The number of benzene rings is 1. The minimum absolute atomic E-state index is 0.384. The molecule has 1 aromatic rings. The van der Waals surface area contributed by atoms with Gasteiger partial charge in [-0.15, -0.1) is 0 Å². The molecule has 0 amide bonds. The first kappa shape index (κ1) is 12.5. The van der Waals surface area contributed by atoms with E-state index in [0.29, 0.717) is 12.1 Å². The first-order valence-corrected chi connectivity index (χ1v) is 7.37. The largest absolute Gasteiger partial charge is 0.306 e. The summed E-state index contributed by atoms with van der Waals surface area (Å²) >= 11 is 6.06. The number of halogens is 1. The summed E-state index contributed by atoms with van der Waals surface area (Å²) in [5.41, 5.74) is 1.29. The summed E-state index contributed by atoms with van der Waals surface area (Å²) in [6.07, 6.45) is 4.02. The molecule has 2 heterocycles. The van der Waals surface area contributed by atoms with Crippen molar-refractivity contribution in [3.05, 3.63) is 34.9 Å². The van der Waals surface area contributed by atoms with Gasteiger partial charge in [-0.2, -0.15) is 0 Å². The molecule has 0 radical (unpaired) electrons. The normalized spacial score (nSPS) is 29.4. The summed E-state index contributed by atoms with van der Waals surface area (Å²) in [6.45, 7) is 4.81. The van der Waals surface area contributed by atoms with E-state index in [1.807, 2.05) is 12.1 Å². The maximum absolute atomic E-state index is 6.06. The number of nitrogens with one attached hydrogen (secondary N) is 1. The number of hydrogen-bond acceptors (Lipinski definition) is 2. The Morgan fingerprint density at radius 2 is 2.22 bits per heavy atom. The monoisotopic (exact) mass is 264 g/mol. The summed E-state index contributed by atoms with van der Waals surface area (Å²) in [5.74, 6) is 0. The third-order valence-corrected chi connectivity index (χ3v) is 4.65. The lowest BCUT2D eigenvalue weighted by molar-refractivity contribution is 0.291. The van der Waals surface area contributed by atoms with Crippen molar-refractivity contribution in [1.29, 1.82) is 0 Å². The predicted octanol–water partition coefficient (Wildman–Crippen LogP) is 3.23. The second kappa shape index (κ2) is 5.20. The summed E-state index contributed by atoms with van der Waals surface area (Å²) in [5, 5.41) is 4.62. The smallest absolute Gasteiger partial charge is 0.0409 e. The number of fused-ring (bicyclic) bond motifs is 1. The van der Waals surface area contributed by atoms with Gasteiger partial charge >= 0.3 is 0 Å². The van der Waals surface area contributed by atoms with Crippen LogP contribution in [0.3, 0.4) is 0 Å². The van der Waals surface area contributed by atoms with Crippen LogP contribution < -0.4 is 5.32 Å². The van der Waals surface area contributed by atoms with Gasteiger partial charge in [0.2, 0.25) is 0 Å². The highest BCUT2D eigenvalue weighted by Gasteiger charge is 2.37. The van der Waals surface area contributed by atoms with Crippen LogP contribution >= 0.6 is 11.6 Å². The Morgan fingerprint density at radius 3 is 3.06 bits per heavy atom. The van der Waals surface area contributed by atoms with Gasteiger partial charge < -0.3 is 5.32 Å². The molecule has 2 nitrogen and oxygen atoms in total. The van der Waals surface area contributed by atoms with Crippen molar-refractivity contribution in [2.75, 3.05) is 13.1 Å². The third kappa shape index (κ3) is 2.42.